The van der Waals surface area contributed by atoms with Crippen LogP contribution < -0.4 is 16.6 Å². The number of para-hydroxylation sites is 1. The molecule has 0 aliphatic carbocycles. The Morgan fingerprint density at radius 3 is 2.87 bits per heavy atom. The van der Waals surface area contributed by atoms with Crippen molar-refractivity contribution < 1.29 is 9.72 Å². The van der Waals surface area contributed by atoms with Crippen LogP contribution >= 0.6 is 27.7 Å². The highest BCUT2D eigenvalue weighted by Gasteiger charge is 2.13. The van der Waals surface area contributed by atoms with Crippen molar-refractivity contribution in [1.82, 2.24) is 14.9 Å². The molecule has 0 atom stereocenters. The first-order valence-corrected chi connectivity index (χ1v) is 10.1. The van der Waals surface area contributed by atoms with Crippen molar-refractivity contribution in [3.05, 3.63) is 68.7 Å². The van der Waals surface area contributed by atoms with Crippen molar-refractivity contribution in [2.24, 2.45) is 5.10 Å². The van der Waals surface area contributed by atoms with Crippen LogP contribution in [0.25, 0.3) is 0 Å². The third kappa shape index (κ3) is 5.55. The smallest absolute Gasteiger partial charge is 0.270 e. The predicted molar refractivity (Wildman–Crippen MR) is 118 cm³/mol. The molecule has 1 heterocycles. The third-order valence-corrected chi connectivity index (χ3v) is 5.24. The number of carbonyl (C=O) groups is 1. The molecule has 1 amide bonds. The Morgan fingerprint density at radius 2 is 2.10 bits per heavy atom. The largest absolute Gasteiger partial charge is 0.334 e. The zero-order valence-electron chi connectivity index (χ0n) is 15.2. The molecule has 0 saturated heterocycles. The zero-order chi connectivity index (χ0) is 21.5. The van der Waals surface area contributed by atoms with E-state index in [9.17, 15) is 14.9 Å². The van der Waals surface area contributed by atoms with Gasteiger partial charge in [0.1, 0.15) is 0 Å². The van der Waals surface area contributed by atoms with Gasteiger partial charge in [-0.3, -0.25) is 14.9 Å². The van der Waals surface area contributed by atoms with Crippen LogP contribution in [0.15, 0.2) is 63.3 Å². The lowest BCUT2D eigenvalue weighted by molar-refractivity contribution is -0.384. The van der Waals surface area contributed by atoms with Gasteiger partial charge >= 0.3 is 0 Å². The number of nitro benzene ring substituents is 1. The van der Waals surface area contributed by atoms with E-state index in [1.165, 1.54) is 18.3 Å². The molecule has 154 valence electrons. The van der Waals surface area contributed by atoms with Gasteiger partial charge < -0.3 is 11.2 Å². The second-order valence-electron chi connectivity index (χ2n) is 5.71. The molecule has 3 rings (SSSR count). The minimum atomic E-state index is -0.489. The highest BCUT2D eigenvalue weighted by Crippen LogP contribution is 2.22. The van der Waals surface area contributed by atoms with Crippen LogP contribution in [0.2, 0.25) is 0 Å². The fraction of sp³-hybridized carbons (Fsp3) is 0.0588. The van der Waals surface area contributed by atoms with Crippen LogP contribution in [-0.4, -0.2) is 37.7 Å². The lowest BCUT2D eigenvalue weighted by Crippen LogP contribution is -2.17. The number of amides is 1. The van der Waals surface area contributed by atoms with E-state index in [2.05, 4.69) is 42.0 Å². The maximum atomic E-state index is 12.1. The summed E-state index contributed by atoms with van der Waals surface area (Å²) in [4.78, 5) is 22.4. The van der Waals surface area contributed by atoms with Crippen LogP contribution in [0.5, 0.6) is 0 Å². The van der Waals surface area contributed by atoms with E-state index in [4.69, 9.17) is 5.84 Å². The second-order valence-corrected chi connectivity index (χ2v) is 7.51. The van der Waals surface area contributed by atoms with Crippen molar-refractivity contribution in [1.29, 1.82) is 0 Å². The molecule has 13 heteroatoms. The Morgan fingerprint density at radius 1 is 1.30 bits per heavy atom. The molecule has 0 unspecified atom stereocenters. The lowest BCUT2D eigenvalue weighted by atomic mass is 10.2. The van der Waals surface area contributed by atoms with Crippen molar-refractivity contribution in [3.8, 4) is 0 Å². The average molecular weight is 491 g/mol. The molecule has 3 aromatic rings. The normalized spacial score (nSPS) is 10.8. The monoisotopic (exact) mass is 490 g/mol. The SMILES string of the molecule is Nn1c(N/N=C/c2cccc([N+](=O)[O-])c2)nnc1SCC(=O)Nc1ccccc1Br. The number of nitrogens with zero attached hydrogens (tertiary/aromatic N) is 5. The van der Waals surface area contributed by atoms with Crippen molar-refractivity contribution in [3.63, 3.8) is 0 Å². The van der Waals surface area contributed by atoms with Crippen LogP contribution in [0.1, 0.15) is 5.56 Å². The highest BCUT2D eigenvalue weighted by molar-refractivity contribution is 9.10. The Bertz CT molecular complexity index is 1100. The van der Waals surface area contributed by atoms with Crippen molar-refractivity contribution in [2.75, 3.05) is 22.3 Å². The molecule has 0 aliphatic heterocycles. The van der Waals surface area contributed by atoms with Gasteiger partial charge in [-0.05, 0) is 28.1 Å². The van der Waals surface area contributed by atoms with E-state index in [-0.39, 0.29) is 23.3 Å². The standard InChI is InChI=1S/C17H15BrN8O3S/c18-13-6-1-2-7-14(13)21-15(27)10-30-17-24-23-16(25(17)19)22-20-9-11-4-3-5-12(8-11)26(28)29/h1-9H,10,19H2,(H,21,27)(H,22,23)/b20-9+. The molecule has 0 spiro atoms. The number of hydrazone groups is 1. The number of non-ortho nitro benzene ring substituents is 1. The van der Waals surface area contributed by atoms with E-state index >= 15 is 0 Å². The summed E-state index contributed by atoms with van der Waals surface area (Å²) in [6.07, 6.45) is 1.39. The van der Waals surface area contributed by atoms with Gasteiger partial charge in [0.05, 0.1) is 22.6 Å². The van der Waals surface area contributed by atoms with E-state index in [1.54, 1.807) is 18.2 Å². The molecular formula is C17H15BrN8O3S. The van der Waals surface area contributed by atoms with Gasteiger partial charge in [-0.1, -0.05) is 36.0 Å². The van der Waals surface area contributed by atoms with Crippen LogP contribution in [0, 0.1) is 10.1 Å². The van der Waals surface area contributed by atoms with Gasteiger partial charge in [0, 0.05) is 22.2 Å². The Labute approximate surface area is 183 Å². The maximum Gasteiger partial charge on any atom is 0.270 e. The number of halogens is 1. The molecule has 1 aromatic heterocycles. The number of benzene rings is 2. The Balaban J connectivity index is 1.55. The molecular weight excluding hydrogens is 476 g/mol. The summed E-state index contributed by atoms with van der Waals surface area (Å²) >= 11 is 4.47. The van der Waals surface area contributed by atoms with E-state index < -0.39 is 4.92 Å². The number of carbonyl (C=O) groups excluding carboxylic acids is 1. The van der Waals surface area contributed by atoms with Gasteiger partial charge in [0.15, 0.2) is 0 Å². The molecule has 4 N–H and O–H groups in total. The number of hydrogen-bond donors (Lipinski definition) is 3. The van der Waals surface area contributed by atoms with Gasteiger partial charge in [0.2, 0.25) is 11.1 Å². The Hall–Kier alpha value is -3.45. The van der Waals surface area contributed by atoms with Gasteiger partial charge in [-0.25, -0.2) is 10.1 Å². The maximum absolute atomic E-state index is 12.1. The van der Waals surface area contributed by atoms with Crippen molar-refractivity contribution >= 4 is 57.1 Å². The highest BCUT2D eigenvalue weighted by atomic mass is 79.9. The molecule has 0 aliphatic rings. The van der Waals surface area contributed by atoms with E-state index in [0.29, 0.717) is 16.4 Å². The summed E-state index contributed by atoms with van der Waals surface area (Å²) in [6, 6.07) is 13.2. The number of anilines is 2. The average Bonchev–Trinajstić information content (AvgIpc) is 3.08. The van der Waals surface area contributed by atoms with Gasteiger partial charge in [-0.15, -0.1) is 10.2 Å². The quantitative estimate of drug-likeness (QED) is 0.143. The predicted octanol–water partition coefficient (Wildman–Crippen LogP) is 2.84. The second kappa shape index (κ2) is 9.84. The number of nitrogens with two attached hydrogens (primary N) is 1. The molecule has 2 aromatic carbocycles. The molecule has 11 nitrogen and oxygen atoms in total. The topological polar surface area (TPSA) is 153 Å². The van der Waals surface area contributed by atoms with E-state index in [1.807, 2.05) is 18.2 Å². The Kier molecular flexibility index (Phi) is 6.98. The summed E-state index contributed by atoms with van der Waals surface area (Å²) in [5, 5.41) is 25.6. The zero-order valence-corrected chi connectivity index (χ0v) is 17.6. The van der Waals surface area contributed by atoms with Gasteiger partial charge in [0.25, 0.3) is 11.6 Å². The molecule has 30 heavy (non-hydrogen) atoms. The molecule has 0 fully saturated rings. The van der Waals surface area contributed by atoms with Crippen LogP contribution in [-0.2, 0) is 4.79 Å². The fourth-order valence-corrected chi connectivity index (χ4v) is 3.25. The number of nitrogen functional groups attached to an aromatic ring is 1. The first-order chi connectivity index (χ1) is 14.4. The lowest BCUT2D eigenvalue weighted by Gasteiger charge is -2.06. The number of nitrogens with one attached hydrogen (secondary N) is 2. The summed E-state index contributed by atoms with van der Waals surface area (Å²) in [5.74, 6) is 5.91. The molecule has 0 saturated carbocycles. The summed E-state index contributed by atoms with van der Waals surface area (Å²) < 4.78 is 1.93. The molecule has 0 radical (unpaired) electrons. The first-order valence-electron chi connectivity index (χ1n) is 8.35. The minimum Gasteiger partial charge on any atom is -0.334 e. The number of thioether (sulfide) groups is 1. The third-order valence-electron chi connectivity index (χ3n) is 3.60. The number of hydrogen-bond acceptors (Lipinski definition) is 9. The molecule has 0 bridgehead atoms. The van der Waals surface area contributed by atoms with Crippen LogP contribution in [0.4, 0.5) is 17.3 Å². The summed E-state index contributed by atoms with van der Waals surface area (Å²) in [7, 11) is 0. The first kappa shape index (κ1) is 21.3. The number of nitro groups is 1. The van der Waals surface area contributed by atoms with Crippen molar-refractivity contribution in [2.45, 2.75) is 5.16 Å². The van der Waals surface area contributed by atoms with Gasteiger partial charge in [-0.2, -0.15) is 5.10 Å². The number of rotatable bonds is 8. The minimum absolute atomic E-state index is 0.0413. The fourth-order valence-electron chi connectivity index (χ4n) is 2.21. The van der Waals surface area contributed by atoms with Crippen LogP contribution in [0.3, 0.4) is 0 Å². The summed E-state index contributed by atoms with van der Waals surface area (Å²) in [5.41, 5.74) is 3.76. The number of aromatic nitrogens is 3. The summed E-state index contributed by atoms with van der Waals surface area (Å²) in [6.45, 7) is 0. The van der Waals surface area contributed by atoms with E-state index in [0.717, 1.165) is 20.9 Å².